The minimum Gasteiger partial charge on any atom is -0.360 e. The lowest BCUT2D eigenvalue weighted by atomic mass is 10.1. The molecule has 4 N–H and O–H groups in total. The molecule has 4 rings (SSSR count). The molecule has 4 aromatic rings. The smallest absolute Gasteiger partial charge is 0.360 e. The van der Waals surface area contributed by atoms with Gasteiger partial charge in [0.25, 0.3) is 0 Å². The van der Waals surface area contributed by atoms with Crippen molar-refractivity contribution in [3.8, 4) is 11.3 Å². The highest BCUT2D eigenvalue weighted by atomic mass is 19.4. The molecule has 0 fully saturated rings. The van der Waals surface area contributed by atoms with E-state index in [1.807, 2.05) is 35.9 Å². The SMILES string of the molecule is CC(Nc1nc(-c2cnn(CC(F)(F)F)c2)cnc1NN)c1ccc2nccn2c1. The van der Waals surface area contributed by atoms with Gasteiger partial charge < -0.3 is 15.1 Å². The van der Waals surface area contributed by atoms with E-state index in [1.165, 1.54) is 18.6 Å². The molecule has 0 radical (unpaired) electrons. The first-order valence-electron chi connectivity index (χ1n) is 8.95. The van der Waals surface area contributed by atoms with Crippen molar-refractivity contribution in [2.75, 3.05) is 10.7 Å². The number of halogens is 3. The van der Waals surface area contributed by atoms with E-state index < -0.39 is 12.7 Å². The Labute approximate surface area is 168 Å². The predicted octanol–water partition coefficient (Wildman–Crippen LogP) is 3.01. The normalized spacial score (nSPS) is 12.8. The highest BCUT2D eigenvalue weighted by Gasteiger charge is 2.28. The van der Waals surface area contributed by atoms with Gasteiger partial charge in [0.2, 0.25) is 0 Å². The van der Waals surface area contributed by atoms with Crippen LogP contribution in [-0.2, 0) is 6.54 Å². The maximum atomic E-state index is 12.6. The lowest BCUT2D eigenvalue weighted by molar-refractivity contribution is -0.142. The first kappa shape index (κ1) is 19.6. The molecule has 0 spiro atoms. The fourth-order valence-corrected chi connectivity index (χ4v) is 2.98. The van der Waals surface area contributed by atoms with E-state index in [0.29, 0.717) is 22.9 Å². The molecule has 0 saturated heterocycles. The van der Waals surface area contributed by atoms with Gasteiger partial charge in [0.05, 0.1) is 24.1 Å². The lowest BCUT2D eigenvalue weighted by Crippen LogP contribution is -2.17. The fraction of sp³-hybridized carbons (Fsp3) is 0.222. The fourth-order valence-electron chi connectivity index (χ4n) is 2.98. The largest absolute Gasteiger partial charge is 0.408 e. The van der Waals surface area contributed by atoms with E-state index in [-0.39, 0.29) is 6.04 Å². The number of alkyl halides is 3. The van der Waals surface area contributed by atoms with E-state index in [4.69, 9.17) is 5.84 Å². The van der Waals surface area contributed by atoms with Gasteiger partial charge in [0, 0.05) is 30.4 Å². The molecule has 4 heterocycles. The van der Waals surface area contributed by atoms with Crippen molar-refractivity contribution < 1.29 is 13.2 Å². The van der Waals surface area contributed by atoms with Crippen molar-refractivity contribution >= 4 is 17.3 Å². The van der Waals surface area contributed by atoms with E-state index in [2.05, 4.69) is 30.8 Å². The summed E-state index contributed by atoms with van der Waals surface area (Å²) in [7, 11) is 0. The number of nitrogen functional groups attached to an aromatic ring is 1. The minimum absolute atomic E-state index is 0.165. The Morgan fingerprint density at radius 1 is 1.13 bits per heavy atom. The molecule has 0 aliphatic heterocycles. The third-order valence-electron chi connectivity index (χ3n) is 4.44. The van der Waals surface area contributed by atoms with Crippen molar-refractivity contribution in [3.63, 3.8) is 0 Å². The van der Waals surface area contributed by atoms with Crippen LogP contribution >= 0.6 is 0 Å². The van der Waals surface area contributed by atoms with Gasteiger partial charge in [-0.3, -0.25) is 4.68 Å². The zero-order valence-corrected chi connectivity index (χ0v) is 15.8. The predicted molar refractivity (Wildman–Crippen MR) is 104 cm³/mol. The third-order valence-corrected chi connectivity index (χ3v) is 4.44. The Bertz CT molecular complexity index is 1170. The molecule has 1 atom stereocenters. The molecule has 0 saturated carbocycles. The van der Waals surface area contributed by atoms with Gasteiger partial charge in [0.15, 0.2) is 11.6 Å². The summed E-state index contributed by atoms with van der Waals surface area (Å²) in [5, 5.41) is 6.97. The van der Waals surface area contributed by atoms with Crippen molar-refractivity contribution in [3.05, 3.63) is 54.9 Å². The van der Waals surface area contributed by atoms with E-state index in [0.717, 1.165) is 15.9 Å². The van der Waals surface area contributed by atoms with Crippen LogP contribution < -0.4 is 16.6 Å². The number of nitrogens with one attached hydrogen (secondary N) is 2. The van der Waals surface area contributed by atoms with Crippen LogP contribution in [-0.4, -0.2) is 35.3 Å². The number of aromatic nitrogens is 6. The summed E-state index contributed by atoms with van der Waals surface area (Å²) >= 11 is 0. The maximum Gasteiger partial charge on any atom is 0.408 e. The Hall–Kier alpha value is -3.67. The molecule has 0 bridgehead atoms. The van der Waals surface area contributed by atoms with Crippen LogP contribution in [0.5, 0.6) is 0 Å². The number of rotatable bonds is 6. The van der Waals surface area contributed by atoms with Crippen molar-refractivity contribution in [2.45, 2.75) is 25.7 Å². The van der Waals surface area contributed by atoms with E-state index in [9.17, 15) is 13.2 Å². The molecule has 12 heteroatoms. The number of hydrazine groups is 1. The maximum absolute atomic E-state index is 12.6. The highest BCUT2D eigenvalue weighted by Crippen LogP contribution is 2.26. The van der Waals surface area contributed by atoms with Gasteiger partial charge in [-0.25, -0.2) is 20.8 Å². The molecule has 0 aliphatic carbocycles. The van der Waals surface area contributed by atoms with Crippen LogP contribution in [0.2, 0.25) is 0 Å². The molecular formula is C18H18F3N9. The zero-order chi connectivity index (χ0) is 21.3. The van der Waals surface area contributed by atoms with E-state index >= 15 is 0 Å². The summed E-state index contributed by atoms with van der Waals surface area (Å²) in [6.07, 6.45) is 5.13. The molecule has 4 aromatic heterocycles. The summed E-state index contributed by atoms with van der Waals surface area (Å²) in [6, 6.07) is 3.67. The van der Waals surface area contributed by atoms with Crippen molar-refractivity contribution in [2.24, 2.45) is 5.84 Å². The molecule has 0 amide bonds. The molecule has 0 aliphatic rings. The number of fused-ring (bicyclic) bond motifs is 1. The third kappa shape index (κ3) is 4.17. The molecule has 1 unspecified atom stereocenters. The Morgan fingerprint density at radius 3 is 2.73 bits per heavy atom. The van der Waals surface area contributed by atoms with Gasteiger partial charge in [0.1, 0.15) is 12.2 Å². The number of anilines is 2. The van der Waals surface area contributed by atoms with Crippen molar-refractivity contribution in [1.82, 2.24) is 29.1 Å². The van der Waals surface area contributed by atoms with Crippen LogP contribution in [0.3, 0.4) is 0 Å². The quantitative estimate of drug-likeness (QED) is 0.327. The average molecular weight is 417 g/mol. The number of hydrogen-bond acceptors (Lipinski definition) is 7. The second kappa shape index (κ2) is 7.63. The van der Waals surface area contributed by atoms with Crippen LogP contribution in [0.25, 0.3) is 16.9 Å². The molecule has 156 valence electrons. The standard InChI is InChI=1S/C18H18F3N9/c1-11(12-2-3-15-23-4-5-29(15)8-12)26-17-16(28-22)24-7-14(27-17)13-6-25-30(9-13)10-18(19,20)21/h2-9,11H,10,22H2,1H3,(H,24,28)(H,26,27). The summed E-state index contributed by atoms with van der Waals surface area (Å²) in [5.74, 6) is 6.20. The number of hydrogen-bond donors (Lipinski definition) is 3. The first-order valence-corrected chi connectivity index (χ1v) is 8.95. The van der Waals surface area contributed by atoms with Gasteiger partial charge in [-0.1, -0.05) is 6.07 Å². The summed E-state index contributed by atoms with van der Waals surface area (Å²) in [6.45, 7) is 0.760. The first-order chi connectivity index (χ1) is 14.3. The van der Waals surface area contributed by atoms with Gasteiger partial charge in [-0.15, -0.1) is 0 Å². The van der Waals surface area contributed by atoms with Gasteiger partial charge in [-0.2, -0.15) is 18.3 Å². The molecule has 9 nitrogen and oxygen atoms in total. The van der Waals surface area contributed by atoms with Crippen LogP contribution in [0.1, 0.15) is 18.5 Å². The Morgan fingerprint density at radius 2 is 1.97 bits per heavy atom. The van der Waals surface area contributed by atoms with Crippen molar-refractivity contribution in [1.29, 1.82) is 0 Å². The van der Waals surface area contributed by atoms with E-state index in [1.54, 1.807) is 6.20 Å². The Kier molecular flexibility index (Phi) is 4.99. The monoisotopic (exact) mass is 417 g/mol. The molecule has 30 heavy (non-hydrogen) atoms. The van der Waals surface area contributed by atoms with Gasteiger partial charge >= 0.3 is 6.18 Å². The Balaban J connectivity index is 1.59. The molecule has 0 aromatic carbocycles. The number of nitrogens with two attached hydrogens (primary N) is 1. The second-order valence-corrected chi connectivity index (χ2v) is 6.66. The van der Waals surface area contributed by atoms with Crippen LogP contribution in [0.4, 0.5) is 24.8 Å². The van der Waals surface area contributed by atoms with Crippen LogP contribution in [0, 0.1) is 0 Å². The number of imidazole rings is 1. The number of pyridine rings is 1. The topological polar surface area (TPSA) is 111 Å². The summed E-state index contributed by atoms with van der Waals surface area (Å²) in [4.78, 5) is 12.9. The summed E-state index contributed by atoms with van der Waals surface area (Å²) < 4.78 is 40.4. The van der Waals surface area contributed by atoms with Gasteiger partial charge in [-0.05, 0) is 18.6 Å². The summed E-state index contributed by atoms with van der Waals surface area (Å²) in [5.41, 5.74) is 5.04. The zero-order valence-electron chi connectivity index (χ0n) is 15.8. The molecular weight excluding hydrogens is 399 g/mol. The second-order valence-electron chi connectivity index (χ2n) is 6.66. The highest BCUT2D eigenvalue weighted by molar-refractivity contribution is 5.66. The lowest BCUT2D eigenvalue weighted by Gasteiger charge is -2.17. The number of nitrogens with zero attached hydrogens (tertiary/aromatic N) is 6. The average Bonchev–Trinajstić information content (AvgIpc) is 3.35. The minimum atomic E-state index is -4.36. The van der Waals surface area contributed by atoms with Crippen LogP contribution in [0.15, 0.2) is 49.3 Å².